The summed E-state index contributed by atoms with van der Waals surface area (Å²) in [6.45, 7) is 8.82. The van der Waals surface area contributed by atoms with Crippen molar-refractivity contribution < 1.29 is 0 Å². The SMILES string of the molecule is CCCCCC(C)Nc1ccc(N(c2cccc(C)c2)c2cccc(C)c2)cc1. The van der Waals surface area contributed by atoms with Crippen molar-refractivity contribution in [3.8, 4) is 0 Å². The zero-order chi connectivity index (χ0) is 20.6. The molecule has 0 aromatic heterocycles. The highest BCUT2D eigenvalue weighted by Gasteiger charge is 2.13. The number of hydrogen-bond donors (Lipinski definition) is 1. The first-order chi connectivity index (χ1) is 14.1. The van der Waals surface area contributed by atoms with Crippen molar-refractivity contribution >= 4 is 22.7 Å². The smallest absolute Gasteiger partial charge is 0.0464 e. The molecule has 2 nitrogen and oxygen atoms in total. The fraction of sp³-hybridized carbons (Fsp3) is 0.333. The summed E-state index contributed by atoms with van der Waals surface area (Å²) in [6, 6.07) is 26.7. The van der Waals surface area contributed by atoms with Gasteiger partial charge in [0.1, 0.15) is 0 Å². The maximum atomic E-state index is 3.65. The minimum Gasteiger partial charge on any atom is -0.383 e. The van der Waals surface area contributed by atoms with Gasteiger partial charge < -0.3 is 10.2 Å². The Bertz CT molecular complexity index is 853. The molecule has 0 spiro atoms. The monoisotopic (exact) mass is 386 g/mol. The second-order valence-electron chi connectivity index (χ2n) is 8.10. The Morgan fingerprint density at radius 1 is 0.759 bits per heavy atom. The third-order valence-electron chi connectivity index (χ3n) is 5.30. The predicted octanol–water partition coefficient (Wildman–Crippen LogP) is 8.15. The maximum absolute atomic E-state index is 3.65. The number of anilines is 4. The Hall–Kier alpha value is -2.74. The van der Waals surface area contributed by atoms with E-state index in [-0.39, 0.29) is 0 Å². The van der Waals surface area contributed by atoms with Gasteiger partial charge in [0.05, 0.1) is 0 Å². The lowest BCUT2D eigenvalue weighted by molar-refractivity contribution is 0.615. The second kappa shape index (κ2) is 10.2. The Balaban J connectivity index is 1.85. The summed E-state index contributed by atoms with van der Waals surface area (Å²) >= 11 is 0. The van der Waals surface area contributed by atoms with Crippen LogP contribution in [0.25, 0.3) is 0 Å². The quantitative estimate of drug-likeness (QED) is 0.373. The van der Waals surface area contributed by atoms with E-state index in [0.717, 1.165) is 0 Å². The maximum Gasteiger partial charge on any atom is 0.0464 e. The molecule has 1 N–H and O–H groups in total. The molecule has 29 heavy (non-hydrogen) atoms. The van der Waals surface area contributed by atoms with E-state index < -0.39 is 0 Å². The molecule has 2 heteroatoms. The van der Waals surface area contributed by atoms with Gasteiger partial charge in [-0.2, -0.15) is 0 Å². The highest BCUT2D eigenvalue weighted by atomic mass is 15.1. The number of nitrogens with one attached hydrogen (secondary N) is 1. The van der Waals surface area contributed by atoms with E-state index in [1.807, 2.05) is 0 Å². The van der Waals surface area contributed by atoms with Gasteiger partial charge in [-0.1, -0.05) is 50.5 Å². The zero-order valence-corrected chi connectivity index (χ0v) is 18.3. The van der Waals surface area contributed by atoms with Gasteiger partial charge in [0.15, 0.2) is 0 Å². The first kappa shape index (κ1) is 21.0. The van der Waals surface area contributed by atoms with Gasteiger partial charge in [-0.05, 0) is 86.8 Å². The molecule has 0 aliphatic carbocycles. The van der Waals surface area contributed by atoms with Crippen molar-refractivity contribution in [2.45, 2.75) is 59.4 Å². The van der Waals surface area contributed by atoms with Gasteiger partial charge in [-0.3, -0.25) is 0 Å². The Morgan fingerprint density at radius 3 is 1.86 bits per heavy atom. The van der Waals surface area contributed by atoms with Crippen LogP contribution >= 0.6 is 0 Å². The molecule has 0 aliphatic heterocycles. The van der Waals surface area contributed by atoms with E-state index in [1.165, 1.54) is 59.6 Å². The van der Waals surface area contributed by atoms with Crippen LogP contribution in [0.4, 0.5) is 22.7 Å². The van der Waals surface area contributed by atoms with Crippen LogP contribution in [0, 0.1) is 13.8 Å². The summed E-state index contributed by atoms with van der Waals surface area (Å²) < 4.78 is 0. The van der Waals surface area contributed by atoms with Gasteiger partial charge >= 0.3 is 0 Å². The number of unbranched alkanes of at least 4 members (excludes halogenated alkanes) is 2. The largest absolute Gasteiger partial charge is 0.383 e. The summed E-state index contributed by atoms with van der Waals surface area (Å²) in [6.07, 6.45) is 5.09. The summed E-state index contributed by atoms with van der Waals surface area (Å²) in [4.78, 5) is 2.33. The fourth-order valence-electron chi connectivity index (χ4n) is 3.75. The standard InChI is InChI=1S/C27H34N2/c1-5-6-7-12-23(4)28-24-15-17-25(18-16-24)29(26-13-8-10-21(2)19-26)27-14-9-11-22(3)20-27/h8-11,13-20,23,28H,5-7,12H2,1-4H3. The average molecular weight is 387 g/mol. The molecule has 0 aliphatic rings. The van der Waals surface area contributed by atoms with E-state index in [1.54, 1.807) is 0 Å². The van der Waals surface area contributed by atoms with E-state index in [9.17, 15) is 0 Å². The molecule has 0 fully saturated rings. The van der Waals surface area contributed by atoms with Crippen molar-refractivity contribution in [1.29, 1.82) is 0 Å². The van der Waals surface area contributed by atoms with Crippen molar-refractivity contribution in [3.63, 3.8) is 0 Å². The molecule has 3 rings (SSSR count). The lowest BCUT2D eigenvalue weighted by Gasteiger charge is -2.26. The van der Waals surface area contributed by atoms with Crippen LogP contribution in [0.1, 0.15) is 50.7 Å². The number of nitrogens with zero attached hydrogens (tertiary/aromatic N) is 1. The van der Waals surface area contributed by atoms with E-state index in [0.29, 0.717) is 6.04 Å². The molecule has 0 heterocycles. The second-order valence-corrected chi connectivity index (χ2v) is 8.10. The Kier molecular flexibility index (Phi) is 7.35. The summed E-state index contributed by atoms with van der Waals surface area (Å²) in [7, 11) is 0. The summed E-state index contributed by atoms with van der Waals surface area (Å²) in [5, 5.41) is 3.65. The van der Waals surface area contributed by atoms with Crippen LogP contribution in [-0.2, 0) is 0 Å². The predicted molar refractivity (Wildman–Crippen MR) is 128 cm³/mol. The van der Waals surface area contributed by atoms with Gasteiger partial charge in [0.2, 0.25) is 0 Å². The molecule has 1 atom stereocenters. The fourth-order valence-corrected chi connectivity index (χ4v) is 3.75. The molecule has 0 saturated carbocycles. The van der Waals surface area contributed by atoms with Crippen LogP contribution in [0.5, 0.6) is 0 Å². The first-order valence-corrected chi connectivity index (χ1v) is 10.9. The lowest BCUT2D eigenvalue weighted by Crippen LogP contribution is -2.15. The van der Waals surface area contributed by atoms with Crippen LogP contribution < -0.4 is 10.2 Å². The molecular formula is C27H34N2. The van der Waals surface area contributed by atoms with E-state index in [2.05, 4.69) is 111 Å². The van der Waals surface area contributed by atoms with Gasteiger partial charge in [0, 0.05) is 28.8 Å². The Morgan fingerprint density at radius 2 is 1.34 bits per heavy atom. The number of rotatable bonds is 9. The number of benzene rings is 3. The molecule has 0 amide bonds. The molecule has 0 saturated heterocycles. The zero-order valence-electron chi connectivity index (χ0n) is 18.3. The van der Waals surface area contributed by atoms with Crippen LogP contribution in [-0.4, -0.2) is 6.04 Å². The topological polar surface area (TPSA) is 15.3 Å². The van der Waals surface area contributed by atoms with E-state index >= 15 is 0 Å². The number of aryl methyl sites for hydroxylation is 2. The molecule has 1 unspecified atom stereocenters. The van der Waals surface area contributed by atoms with Crippen molar-refractivity contribution in [1.82, 2.24) is 0 Å². The molecular weight excluding hydrogens is 352 g/mol. The summed E-state index contributed by atoms with van der Waals surface area (Å²) in [5.41, 5.74) is 7.25. The van der Waals surface area contributed by atoms with Crippen molar-refractivity contribution in [2.75, 3.05) is 10.2 Å². The third-order valence-corrected chi connectivity index (χ3v) is 5.30. The lowest BCUT2D eigenvalue weighted by atomic mass is 10.1. The molecule has 0 radical (unpaired) electrons. The van der Waals surface area contributed by atoms with Crippen LogP contribution in [0.3, 0.4) is 0 Å². The minimum absolute atomic E-state index is 0.497. The molecule has 152 valence electrons. The van der Waals surface area contributed by atoms with Gasteiger partial charge in [-0.15, -0.1) is 0 Å². The summed E-state index contributed by atoms with van der Waals surface area (Å²) in [5.74, 6) is 0. The normalized spacial score (nSPS) is 11.9. The molecule has 3 aromatic rings. The Labute approximate surface area is 176 Å². The third kappa shape index (κ3) is 5.87. The number of hydrogen-bond acceptors (Lipinski definition) is 2. The molecule has 0 bridgehead atoms. The van der Waals surface area contributed by atoms with Gasteiger partial charge in [0.25, 0.3) is 0 Å². The first-order valence-electron chi connectivity index (χ1n) is 10.9. The van der Waals surface area contributed by atoms with Gasteiger partial charge in [-0.25, -0.2) is 0 Å². The van der Waals surface area contributed by atoms with Crippen LogP contribution in [0.2, 0.25) is 0 Å². The minimum atomic E-state index is 0.497. The highest BCUT2D eigenvalue weighted by Crippen LogP contribution is 2.35. The average Bonchev–Trinajstić information content (AvgIpc) is 2.70. The molecule has 3 aromatic carbocycles. The van der Waals surface area contributed by atoms with E-state index in [4.69, 9.17) is 0 Å². The van der Waals surface area contributed by atoms with Crippen molar-refractivity contribution in [2.24, 2.45) is 0 Å². The highest BCUT2D eigenvalue weighted by molar-refractivity contribution is 5.77. The van der Waals surface area contributed by atoms with Crippen molar-refractivity contribution in [3.05, 3.63) is 83.9 Å². The van der Waals surface area contributed by atoms with Crippen LogP contribution in [0.15, 0.2) is 72.8 Å².